The summed E-state index contributed by atoms with van der Waals surface area (Å²) < 4.78 is 11.5. The molecule has 2 atom stereocenters. The molecular weight excluding hydrogens is 288 g/mol. The van der Waals surface area contributed by atoms with Crippen molar-refractivity contribution in [1.29, 1.82) is 0 Å². The van der Waals surface area contributed by atoms with Crippen molar-refractivity contribution < 1.29 is 9.00 Å². The average Bonchev–Trinajstić information content (AvgIpc) is 2.47. The van der Waals surface area contributed by atoms with Crippen molar-refractivity contribution in [3.8, 4) is 0 Å². The molecule has 1 aromatic heterocycles. The first-order chi connectivity index (χ1) is 10.1. The summed E-state index contributed by atoms with van der Waals surface area (Å²) in [5.74, 6) is -0.184. The third kappa shape index (κ3) is 4.13. The van der Waals surface area contributed by atoms with E-state index in [0.29, 0.717) is 5.75 Å². The zero-order valence-corrected chi connectivity index (χ0v) is 12.4. The molecule has 2 rings (SSSR count). The number of hydrogen-bond donors (Lipinski definition) is 2. The lowest BCUT2D eigenvalue weighted by molar-refractivity contribution is 0.0939. The molecule has 1 amide bonds. The van der Waals surface area contributed by atoms with Gasteiger partial charge in [-0.15, -0.1) is 0 Å². The monoisotopic (exact) mass is 304 g/mol. The largest absolute Gasteiger partial charge is 0.344 e. The van der Waals surface area contributed by atoms with E-state index in [4.69, 9.17) is 0 Å². The summed E-state index contributed by atoms with van der Waals surface area (Å²) in [5, 5.41) is 2.77. The smallest absolute Gasteiger partial charge is 0.260 e. The summed E-state index contributed by atoms with van der Waals surface area (Å²) in [6, 6.07) is 11.9. The number of carbonyl (C=O) groups is 1. The molecule has 2 N–H and O–H groups in total. The standard InChI is InChI=1S/C15H16N2O3S/c1-21(20)10-13(11-6-3-2-4-7-11)17-15(19)12-8-5-9-16-14(12)18/h2-9,13H,10H2,1H3,(H,16,18)(H,17,19)/t13-,21-/m0/s1. The Morgan fingerprint density at radius 2 is 1.95 bits per heavy atom. The van der Waals surface area contributed by atoms with Crippen molar-refractivity contribution in [2.24, 2.45) is 0 Å². The molecule has 0 unspecified atom stereocenters. The minimum absolute atomic E-state index is 0.0420. The molecule has 1 aromatic carbocycles. The summed E-state index contributed by atoms with van der Waals surface area (Å²) in [4.78, 5) is 26.3. The molecule has 0 saturated carbocycles. The zero-order valence-electron chi connectivity index (χ0n) is 11.5. The third-order valence-electron chi connectivity index (χ3n) is 2.97. The highest BCUT2D eigenvalue weighted by atomic mass is 32.2. The van der Waals surface area contributed by atoms with Crippen molar-refractivity contribution in [3.05, 3.63) is 70.1 Å². The molecule has 0 bridgehead atoms. The van der Waals surface area contributed by atoms with Crippen LogP contribution in [-0.4, -0.2) is 27.1 Å². The molecule has 0 radical (unpaired) electrons. The predicted molar refractivity (Wildman–Crippen MR) is 82.6 cm³/mol. The Bertz CT molecular complexity index is 697. The van der Waals surface area contributed by atoms with E-state index < -0.39 is 28.3 Å². The van der Waals surface area contributed by atoms with Crippen LogP contribution in [-0.2, 0) is 10.8 Å². The first-order valence-corrected chi connectivity index (χ1v) is 8.14. The number of aromatic amines is 1. The second kappa shape index (κ2) is 6.99. The van der Waals surface area contributed by atoms with Gasteiger partial charge in [-0.2, -0.15) is 0 Å². The molecule has 6 heteroatoms. The lowest BCUT2D eigenvalue weighted by atomic mass is 10.1. The average molecular weight is 304 g/mol. The van der Waals surface area contributed by atoms with Gasteiger partial charge in [-0.1, -0.05) is 30.3 Å². The van der Waals surface area contributed by atoms with Gasteiger partial charge in [0.1, 0.15) is 5.56 Å². The second-order valence-electron chi connectivity index (χ2n) is 4.59. The fourth-order valence-electron chi connectivity index (χ4n) is 1.98. The topological polar surface area (TPSA) is 79.0 Å². The Morgan fingerprint density at radius 3 is 2.57 bits per heavy atom. The maximum absolute atomic E-state index is 12.2. The van der Waals surface area contributed by atoms with Crippen molar-refractivity contribution in [3.63, 3.8) is 0 Å². The molecule has 0 aliphatic rings. The Hall–Kier alpha value is -2.21. The van der Waals surface area contributed by atoms with Crippen LogP contribution in [0.1, 0.15) is 22.0 Å². The number of rotatable bonds is 5. The van der Waals surface area contributed by atoms with E-state index in [9.17, 15) is 13.8 Å². The quantitative estimate of drug-likeness (QED) is 0.872. The van der Waals surface area contributed by atoms with E-state index in [1.165, 1.54) is 12.3 Å². The van der Waals surface area contributed by atoms with Gasteiger partial charge >= 0.3 is 0 Å². The van der Waals surface area contributed by atoms with Gasteiger partial charge in [-0.25, -0.2) is 0 Å². The molecule has 2 aromatic rings. The Morgan fingerprint density at radius 1 is 1.24 bits per heavy atom. The number of pyridine rings is 1. The van der Waals surface area contributed by atoms with Gasteiger partial charge in [0.25, 0.3) is 11.5 Å². The van der Waals surface area contributed by atoms with Gasteiger partial charge in [0, 0.05) is 29.0 Å². The summed E-state index contributed by atoms with van der Waals surface area (Å²) in [6.07, 6.45) is 3.05. The highest BCUT2D eigenvalue weighted by Crippen LogP contribution is 2.14. The molecule has 0 saturated heterocycles. The summed E-state index contributed by atoms with van der Waals surface area (Å²) in [6.45, 7) is 0. The highest BCUT2D eigenvalue weighted by Gasteiger charge is 2.18. The Kier molecular flexibility index (Phi) is 5.05. The number of nitrogens with one attached hydrogen (secondary N) is 2. The molecule has 1 heterocycles. The Labute approximate surface area is 124 Å². The van der Waals surface area contributed by atoms with Gasteiger partial charge in [0.2, 0.25) is 0 Å². The van der Waals surface area contributed by atoms with Crippen LogP contribution in [0.25, 0.3) is 0 Å². The SMILES string of the molecule is C[S@](=O)C[C@H](NC(=O)c1ccc[nH]c1=O)c1ccccc1. The highest BCUT2D eigenvalue weighted by molar-refractivity contribution is 7.84. The fraction of sp³-hybridized carbons (Fsp3) is 0.200. The molecule has 0 spiro atoms. The maximum Gasteiger partial charge on any atom is 0.260 e. The van der Waals surface area contributed by atoms with Crippen LogP contribution in [0.4, 0.5) is 0 Å². The van der Waals surface area contributed by atoms with E-state index in [0.717, 1.165) is 5.56 Å². The summed E-state index contributed by atoms with van der Waals surface area (Å²) in [5.41, 5.74) is 0.452. The number of aromatic nitrogens is 1. The van der Waals surface area contributed by atoms with E-state index in [1.807, 2.05) is 30.3 Å². The lowest BCUT2D eigenvalue weighted by Gasteiger charge is -2.18. The van der Waals surface area contributed by atoms with Crippen LogP contribution in [0.5, 0.6) is 0 Å². The van der Waals surface area contributed by atoms with Gasteiger partial charge in [0.05, 0.1) is 6.04 Å². The van der Waals surface area contributed by atoms with Gasteiger partial charge in [-0.3, -0.25) is 13.8 Å². The van der Waals surface area contributed by atoms with Crippen LogP contribution in [0.2, 0.25) is 0 Å². The van der Waals surface area contributed by atoms with E-state index in [1.54, 1.807) is 12.3 Å². The first-order valence-electron chi connectivity index (χ1n) is 6.41. The molecule has 0 fully saturated rings. The van der Waals surface area contributed by atoms with Crippen LogP contribution < -0.4 is 10.9 Å². The van der Waals surface area contributed by atoms with Crippen molar-refractivity contribution >= 4 is 16.7 Å². The van der Waals surface area contributed by atoms with E-state index in [-0.39, 0.29) is 5.56 Å². The Balaban J connectivity index is 2.23. The molecule has 21 heavy (non-hydrogen) atoms. The molecule has 5 nitrogen and oxygen atoms in total. The molecule has 0 aliphatic heterocycles. The fourth-order valence-corrected chi connectivity index (χ4v) is 2.72. The third-order valence-corrected chi connectivity index (χ3v) is 3.77. The first kappa shape index (κ1) is 15.2. The zero-order chi connectivity index (χ0) is 15.2. The number of benzene rings is 1. The number of amides is 1. The number of H-pyrrole nitrogens is 1. The maximum atomic E-state index is 12.2. The minimum Gasteiger partial charge on any atom is -0.344 e. The molecular formula is C15H16N2O3S. The lowest BCUT2D eigenvalue weighted by Crippen LogP contribution is -2.35. The summed E-state index contributed by atoms with van der Waals surface area (Å²) in [7, 11) is -1.07. The normalized spacial score (nSPS) is 13.4. The van der Waals surface area contributed by atoms with E-state index >= 15 is 0 Å². The van der Waals surface area contributed by atoms with Crippen LogP contribution in [0.15, 0.2) is 53.5 Å². The minimum atomic E-state index is -1.07. The molecule has 110 valence electrons. The van der Waals surface area contributed by atoms with Gasteiger partial charge in [-0.05, 0) is 17.7 Å². The number of carbonyl (C=O) groups excluding carboxylic acids is 1. The van der Waals surface area contributed by atoms with Crippen molar-refractivity contribution in [2.45, 2.75) is 6.04 Å². The van der Waals surface area contributed by atoms with Crippen LogP contribution in [0.3, 0.4) is 0 Å². The number of hydrogen-bond acceptors (Lipinski definition) is 3. The van der Waals surface area contributed by atoms with Gasteiger partial charge < -0.3 is 10.3 Å². The van der Waals surface area contributed by atoms with Crippen LogP contribution >= 0.6 is 0 Å². The van der Waals surface area contributed by atoms with Crippen molar-refractivity contribution in [1.82, 2.24) is 10.3 Å². The summed E-state index contributed by atoms with van der Waals surface area (Å²) >= 11 is 0. The van der Waals surface area contributed by atoms with Gasteiger partial charge in [0.15, 0.2) is 0 Å². The second-order valence-corrected chi connectivity index (χ2v) is 6.07. The molecule has 0 aliphatic carbocycles. The van der Waals surface area contributed by atoms with E-state index in [2.05, 4.69) is 10.3 Å². The van der Waals surface area contributed by atoms with Crippen molar-refractivity contribution in [2.75, 3.05) is 12.0 Å². The predicted octanol–water partition coefficient (Wildman–Crippen LogP) is 1.22. The van der Waals surface area contributed by atoms with Crippen LogP contribution in [0, 0.1) is 0 Å².